The number of carbonyl (C=O) groups is 2. The van der Waals surface area contributed by atoms with E-state index >= 15 is 0 Å². The van der Waals surface area contributed by atoms with Crippen molar-refractivity contribution in [2.75, 3.05) is 10.6 Å². The third kappa shape index (κ3) is 4.61. The number of nitrogens with zero attached hydrogens (tertiary/aromatic N) is 1. The molecular formula is C19H12Cl2FN3O2. The van der Waals surface area contributed by atoms with Gasteiger partial charge in [0.2, 0.25) is 0 Å². The first-order chi connectivity index (χ1) is 12.9. The summed E-state index contributed by atoms with van der Waals surface area (Å²) in [6.45, 7) is 0. The molecule has 8 heteroatoms. The molecule has 0 fully saturated rings. The zero-order valence-electron chi connectivity index (χ0n) is 13.7. The maximum Gasteiger partial charge on any atom is 0.258 e. The number of amides is 2. The predicted molar refractivity (Wildman–Crippen MR) is 103 cm³/mol. The fourth-order valence-electron chi connectivity index (χ4n) is 2.28. The van der Waals surface area contributed by atoms with E-state index in [2.05, 4.69) is 15.6 Å². The van der Waals surface area contributed by atoms with E-state index in [0.717, 1.165) is 6.07 Å². The van der Waals surface area contributed by atoms with Crippen molar-refractivity contribution >= 4 is 46.4 Å². The van der Waals surface area contributed by atoms with Gasteiger partial charge in [0.1, 0.15) is 5.82 Å². The average Bonchev–Trinajstić information content (AvgIpc) is 2.66. The molecule has 0 aliphatic carbocycles. The summed E-state index contributed by atoms with van der Waals surface area (Å²) in [6, 6.07) is 11.4. The minimum atomic E-state index is -0.708. The molecule has 27 heavy (non-hydrogen) atoms. The molecular weight excluding hydrogens is 392 g/mol. The Morgan fingerprint density at radius 3 is 2.37 bits per heavy atom. The maximum absolute atomic E-state index is 13.8. The Labute approximate surface area is 164 Å². The van der Waals surface area contributed by atoms with E-state index in [4.69, 9.17) is 23.2 Å². The highest BCUT2D eigenvalue weighted by molar-refractivity contribution is 6.34. The summed E-state index contributed by atoms with van der Waals surface area (Å²) < 4.78 is 13.8. The maximum atomic E-state index is 13.8. The van der Waals surface area contributed by atoms with Gasteiger partial charge in [0.15, 0.2) is 0 Å². The van der Waals surface area contributed by atoms with Crippen molar-refractivity contribution in [2.45, 2.75) is 0 Å². The van der Waals surface area contributed by atoms with Gasteiger partial charge < -0.3 is 10.6 Å². The first-order valence-electron chi connectivity index (χ1n) is 7.71. The van der Waals surface area contributed by atoms with E-state index in [1.807, 2.05) is 0 Å². The van der Waals surface area contributed by atoms with Crippen LogP contribution in [0.2, 0.25) is 10.0 Å². The van der Waals surface area contributed by atoms with Crippen molar-refractivity contribution in [3.8, 4) is 0 Å². The minimum absolute atomic E-state index is 0.143. The quantitative estimate of drug-likeness (QED) is 0.641. The fraction of sp³-hybridized carbons (Fsp3) is 0. The zero-order chi connectivity index (χ0) is 19.4. The molecule has 3 aromatic rings. The van der Waals surface area contributed by atoms with Crippen LogP contribution < -0.4 is 10.6 Å². The highest BCUT2D eigenvalue weighted by Crippen LogP contribution is 2.23. The molecule has 0 atom stereocenters. The zero-order valence-corrected chi connectivity index (χ0v) is 15.2. The van der Waals surface area contributed by atoms with E-state index in [-0.39, 0.29) is 26.9 Å². The van der Waals surface area contributed by atoms with Gasteiger partial charge in [-0.3, -0.25) is 14.6 Å². The van der Waals surface area contributed by atoms with E-state index in [1.165, 1.54) is 36.5 Å². The Morgan fingerprint density at radius 2 is 1.63 bits per heavy atom. The lowest BCUT2D eigenvalue weighted by molar-refractivity contribution is 0.101. The molecule has 0 unspecified atom stereocenters. The molecule has 0 aliphatic heterocycles. The molecule has 0 saturated heterocycles. The van der Waals surface area contributed by atoms with E-state index in [0.29, 0.717) is 5.69 Å². The summed E-state index contributed by atoms with van der Waals surface area (Å²) in [7, 11) is 0. The average molecular weight is 404 g/mol. The second-order valence-corrected chi connectivity index (χ2v) is 6.31. The Balaban J connectivity index is 1.81. The summed E-state index contributed by atoms with van der Waals surface area (Å²) >= 11 is 11.9. The highest BCUT2D eigenvalue weighted by atomic mass is 35.5. The topological polar surface area (TPSA) is 71.1 Å². The number of hydrogen-bond acceptors (Lipinski definition) is 3. The van der Waals surface area contributed by atoms with Gasteiger partial charge in [-0.1, -0.05) is 23.2 Å². The van der Waals surface area contributed by atoms with Crippen LogP contribution in [-0.2, 0) is 0 Å². The SMILES string of the molecule is O=C(Nc1ccc(Cl)c(C(=O)Nc2cccnc2)c1)c1cc(Cl)ccc1F. The Kier molecular flexibility index (Phi) is 5.69. The Bertz CT molecular complexity index is 1010. The largest absolute Gasteiger partial charge is 0.322 e. The molecule has 5 nitrogen and oxygen atoms in total. The number of nitrogens with one attached hydrogen (secondary N) is 2. The van der Waals surface area contributed by atoms with Crippen LogP contribution in [0, 0.1) is 5.82 Å². The number of halogens is 3. The third-order valence-electron chi connectivity index (χ3n) is 3.56. The number of hydrogen-bond donors (Lipinski definition) is 2. The summed E-state index contributed by atoms with van der Waals surface area (Å²) in [5.74, 6) is -1.88. The van der Waals surface area contributed by atoms with Crippen LogP contribution in [-0.4, -0.2) is 16.8 Å². The summed E-state index contributed by atoms with van der Waals surface area (Å²) in [5.41, 5.74) is 0.706. The number of anilines is 2. The first kappa shape index (κ1) is 18.8. The van der Waals surface area contributed by atoms with Gasteiger partial charge in [-0.25, -0.2) is 4.39 Å². The lowest BCUT2D eigenvalue weighted by atomic mass is 10.1. The van der Waals surface area contributed by atoms with Crippen LogP contribution in [0.1, 0.15) is 20.7 Å². The van der Waals surface area contributed by atoms with Crippen LogP contribution >= 0.6 is 23.2 Å². The predicted octanol–water partition coefficient (Wildman–Crippen LogP) is 5.03. The Morgan fingerprint density at radius 1 is 0.889 bits per heavy atom. The third-order valence-corrected chi connectivity index (χ3v) is 4.13. The summed E-state index contributed by atoms with van der Waals surface area (Å²) in [6.07, 6.45) is 3.06. The van der Waals surface area contributed by atoms with Crippen molar-refractivity contribution in [3.05, 3.63) is 87.9 Å². The molecule has 1 heterocycles. The molecule has 0 saturated carbocycles. The molecule has 3 rings (SSSR count). The van der Waals surface area contributed by atoms with E-state index in [1.54, 1.807) is 18.3 Å². The number of carbonyl (C=O) groups excluding carboxylic acids is 2. The smallest absolute Gasteiger partial charge is 0.258 e. The summed E-state index contributed by atoms with van der Waals surface area (Å²) in [4.78, 5) is 28.6. The summed E-state index contributed by atoms with van der Waals surface area (Å²) in [5, 5.41) is 5.60. The van der Waals surface area contributed by atoms with Gasteiger partial charge in [-0.2, -0.15) is 0 Å². The van der Waals surface area contributed by atoms with Crippen LogP contribution in [0.15, 0.2) is 60.9 Å². The van der Waals surface area contributed by atoms with Gasteiger partial charge in [0, 0.05) is 16.9 Å². The van der Waals surface area contributed by atoms with E-state index in [9.17, 15) is 14.0 Å². The van der Waals surface area contributed by atoms with Crippen LogP contribution in [0.25, 0.3) is 0 Å². The lowest BCUT2D eigenvalue weighted by Crippen LogP contribution is -2.16. The molecule has 136 valence electrons. The number of benzene rings is 2. The Hall–Kier alpha value is -2.96. The normalized spacial score (nSPS) is 10.3. The standard InChI is InChI=1S/C19H12Cl2FN3O2/c20-11-3-6-17(22)15(8-11)19(27)24-12-4-5-16(21)14(9-12)18(26)25-13-2-1-7-23-10-13/h1-10H,(H,24,27)(H,25,26). The minimum Gasteiger partial charge on any atom is -0.322 e. The van der Waals surface area contributed by atoms with E-state index < -0.39 is 17.6 Å². The number of pyridine rings is 1. The number of aromatic nitrogens is 1. The first-order valence-corrected chi connectivity index (χ1v) is 8.47. The monoisotopic (exact) mass is 403 g/mol. The second kappa shape index (κ2) is 8.16. The molecule has 2 aromatic carbocycles. The fourth-order valence-corrected chi connectivity index (χ4v) is 2.66. The van der Waals surface area contributed by atoms with Crippen LogP contribution in [0.5, 0.6) is 0 Å². The molecule has 0 aliphatic rings. The van der Waals surface area contributed by atoms with Gasteiger partial charge in [-0.15, -0.1) is 0 Å². The lowest BCUT2D eigenvalue weighted by Gasteiger charge is -2.10. The van der Waals surface area contributed by atoms with Crippen molar-refractivity contribution in [3.63, 3.8) is 0 Å². The van der Waals surface area contributed by atoms with Gasteiger partial charge in [0.25, 0.3) is 11.8 Å². The molecule has 2 amide bonds. The van der Waals surface area contributed by atoms with Crippen molar-refractivity contribution in [2.24, 2.45) is 0 Å². The van der Waals surface area contributed by atoms with Crippen molar-refractivity contribution in [1.29, 1.82) is 0 Å². The van der Waals surface area contributed by atoms with Gasteiger partial charge in [-0.05, 0) is 48.5 Å². The second-order valence-electron chi connectivity index (χ2n) is 5.47. The molecule has 0 radical (unpaired) electrons. The van der Waals surface area contributed by atoms with Crippen LogP contribution in [0.3, 0.4) is 0 Å². The van der Waals surface area contributed by atoms with Crippen molar-refractivity contribution < 1.29 is 14.0 Å². The number of rotatable bonds is 4. The molecule has 0 spiro atoms. The molecule has 1 aromatic heterocycles. The molecule has 2 N–H and O–H groups in total. The van der Waals surface area contributed by atoms with Crippen molar-refractivity contribution in [1.82, 2.24) is 4.98 Å². The van der Waals surface area contributed by atoms with Crippen LogP contribution in [0.4, 0.5) is 15.8 Å². The highest BCUT2D eigenvalue weighted by Gasteiger charge is 2.16. The molecule has 0 bridgehead atoms. The van der Waals surface area contributed by atoms with Gasteiger partial charge >= 0.3 is 0 Å². The van der Waals surface area contributed by atoms with Gasteiger partial charge in [0.05, 0.1) is 28.0 Å².